The molecule has 0 aliphatic carbocycles. The topological polar surface area (TPSA) is 75.9 Å². The lowest BCUT2D eigenvalue weighted by molar-refractivity contribution is -0.142. The number of hydrogen-bond donors (Lipinski definition) is 1. The maximum absolute atomic E-state index is 13.2. The van der Waals surface area contributed by atoms with Crippen LogP contribution in [-0.2, 0) is 6.18 Å². The smallest absolute Gasteiger partial charge is 0.306 e. The van der Waals surface area contributed by atoms with Crippen molar-refractivity contribution in [1.82, 2.24) is 24.6 Å². The van der Waals surface area contributed by atoms with E-state index in [9.17, 15) is 18.0 Å². The minimum absolute atomic E-state index is 0.0381. The van der Waals surface area contributed by atoms with Gasteiger partial charge in [-0.3, -0.25) is 4.79 Å². The molecule has 30 heavy (non-hydrogen) atoms. The Morgan fingerprint density at radius 3 is 2.63 bits per heavy atom. The van der Waals surface area contributed by atoms with Gasteiger partial charge >= 0.3 is 6.18 Å². The summed E-state index contributed by atoms with van der Waals surface area (Å²) in [6.45, 7) is 1.90. The third-order valence-corrected chi connectivity index (χ3v) is 5.75. The summed E-state index contributed by atoms with van der Waals surface area (Å²) in [4.78, 5) is 25.6. The molecule has 150 valence electrons. The average Bonchev–Trinajstić information content (AvgIpc) is 3.28. The summed E-state index contributed by atoms with van der Waals surface area (Å²) in [6.07, 6.45) is -2.31. The van der Waals surface area contributed by atoms with Crippen LogP contribution in [0.15, 0.2) is 53.6 Å². The van der Waals surface area contributed by atoms with Gasteiger partial charge in [-0.1, -0.05) is 30.3 Å². The lowest BCUT2D eigenvalue weighted by Crippen LogP contribution is -2.13. The standard InChI is InChI=1S/C20H12F3N5OS/c1-10-14(11-5-3-2-4-6-11)15-18(29)26-16(27-19(15)30-10)12-9-25-28-13(20(21,22)23)7-8-24-17(12)28/h2-9H,1H3,(H,26,27,29). The number of aromatic nitrogens is 5. The summed E-state index contributed by atoms with van der Waals surface area (Å²) >= 11 is 1.35. The number of hydrogen-bond acceptors (Lipinski definition) is 5. The first-order valence-electron chi connectivity index (χ1n) is 8.84. The normalized spacial score (nSPS) is 12.1. The largest absolute Gasteiger partial charge is 0.433 e. The molecular weight excluding hydrogens is 415 g/mol. The van der Waals surface area contributed by atoms with Gasteiger partial charge in [-0.05, 0) is 18.6 Å². The SMILES string of the molecule is Cc1sc2nc(-c3cnn4c(C(F)(F)F)ccnc34)[nH]c(=O)c2c1-c1ccccc1. The molecule has 0 aliphatic rings. The number of halogens is 3. The van der Waals surface area contributed by atoms with E-state index in [1.54, 1.807) is 0 Å². The van der Waals surface area contributed by atoms with E-state index in [0.29, 0.717) is 14.7 Å². The molecular formula is C20H12F3N5OS. The average molecular weight is 427 g/mol. The Labute approximate surface area is 170 Å². The van der Waals surface area contributed by atoms with E-state index in [-0.39, 0.29) is 22.6 Å². The van der Waals surface area contributed by atoms with Crippen molar-refractivity contribution in [3.63, 3.8) is 0 Å². The van der Waals surface area contributed by atoms with Crippen molar-refractivity contribution in [3.05, 3.63) is 69.7 Å². The second-order valence-electron chi connectivity index (χ2n) is 6.62. The van der Waals surface area contributed by atoms with Crippen LogP contribution in [0.2, 0.25) is 0 Å². The number of thiophene rings is 1. The quantitative estimate of drug-likeness (QED) is 0.444. The van der Waals surface area contributed by atoms with Crippen molar-refractivity contribution >= 4 is 27.2 Å². The Kier molecular flexibility index (Phi) is 4.00. The predicted octanol–water partition coefficient (Wildman–Crippen LogP) is 4.69. The van der Waals surface area contributed by atoms with Crippen molar-refractivity contribution < 1.29 is 13.2 Å². The highest BCUT2D eigenvalue weighted by atomic mass is 32.1. The number of aromatic amines is 1. The molecule has 10 heteroatoms. The fourth-order valence-electron chi connectivity index (χ4n) is 3.47. The van der Waals surface area contributed by atoms with Crippen LogP contribution in [-0.4, -0.2) is 24.6 Å². The maximum atomic E-state index is 13.2. The zero-order valence-electron chi connectivity index (χ0n) is 15.4. The molecule has 1 aromatic carbocycles. The van der Waals surface area contributed by atoms with E-state index in [4.69, 9.17) is 0 Å². The lowest BCUT2D eigenvalue weighted by atomic mass is 10.0. The fourth-order valence-corrected chi connectivity index (χ4v) is 4.52. The minimum Gasteiger partial charge on any atom is -0.306 e. The van der Waals surface area contributed by atoms with Crippen LogP contribution in [0.1, 0.15) is 10.6 Å². The zero-order valence-corrected chi connectivity index (χ0v) is 16.2. The first-order chi connectivity index (χ1) is 14.3. The number of fused-ring (bicyclic) bond motifs is 2. The monoisotopic (exact) mass is 427 g/mol. The number of rotatable bonds is 2. The number of nitrogens with one attached hydrogen (secondary N) is 1. The second-order valence-corrected chi connectivity index (χ2v) is 7.82. The van der Waals surface area contributed by atoms with Crippen molar-refractivity contribution in [2.45, 2.75) is 13.1 Å². The molecule has 6 nitrogen and oxygen atoms in total. The van der Waals surface area contributed by atoms with E-state index in [1.165, 1.54) is 17.5 Å². The Bertz CT molecular complexity index is 1470. The van der Waals surface area contributed by atoms with E-state index < -0.39 is 11.9 Å². The van der Waals surface area contributed by atoms with Gasteiger partial charge < -0.3 is 4.98 Å². The molecule has 1 N–H and O–H groups in total. The molecule has 0 saturated heterocycles. The van der Waals surface area contributed by atoms with Gasteiger partial charge in [0.1, 0.15) is 16.3 Å². The van der Waals surface area contributed by atoms with Crippen LogP contribution in [0.4, 0.5) is 13.2 Å². The van der Waals surface area contributed by atoms with Gasteiger partial charge in [-0.2, -0.15) is 18.3 Å². The van der Waals surface area contributed by atoms with E-state index in [0.717, 1.165) is 28.3 Å². The van der Waals surface area contributed by atoms with Crippen molar-refractivity contribution in [3.8, 4) is 22.5 Å². The highest BCUT2D eigenvalue weighted by Crippen LogP contribution is 2.36. The van der Waals surface area contributed by atoms with Crippen LogP contribution >= 0.6 is 11.3 Å². The molecule has 0 unspecified atom stereocenters. The van der Waals surface area contributed by atoms with Gasteiger partial charge in [0.15, 0.2) is 5.65 Å². The number of H-pyrrole nitrogens is 1. The van der Waals surface area contributed by atoms with E-state index >= 15 is 0 Å². The molecule has 0 radical (unpaired) electrons. The number of aryl methyl sites for hydroxylation is 1. The molecule has 4 heterocycles. The summed E-state index contributed by atoms with van der Waals surface area (Å²) in [7, 11) is 0. The Hall–Kier alpha value is -3.53. The van der Waals surface area contributed by atoms with Crippen molar-refractivity contribution in [1.29, 1.82) is 0 Å². The lowest BCUT2D eigenvalue weighted by Gasteiger charge is -2.08. The van der Waals surface area contributed by atoms with Gasteiger partial charge in [0.2, 0.25) is 0 Å². The summed E-state index contributed by atoms with van der Waals surface area (Å²) in [5.74, 6) is 0.121. The summed E-state index contributed by atoms with van der Waals surface area (Å²) < 4.78 is 40.5. The molecule has 0 bridgehead atoms. The first-order valence-corrected chi connectivity index (χ1v) is 9.65. The maximum Gasteiger partial charge on any atom is 0.433 e. The van der Waals surface area contributed by atoms with E-state index in [1.807, 2.05) is 37.3 Å². The van der Waals surface area contributed by atoms with Crippen LogP contribution in [0, 0.1) is 6.92 Å². The molecule has 5 rings (SSSR count). The molecule has 0 aliphatic heterocycles. The number of nitrogens with zero attached hydrogens (tertiary/aromatic N) is 4. The molecule has 0 saturated carbocycles. The number of alkyl halides is 3. The Morgan fingerprint density at radius 1 is 1.13 bits per heavy atom. The van der Waals surface area contributed by atoms with Crippen LogP contribution < -0.4 is 5.56 Å². The zero-order chi connectivity index (χ0) is 21.0. The van der Waals surface area contributed by atoms with Crippen LogP contribution in [0.5, 0.6) is 0 Å². The van der Waals surface area contributed by atoms with Crippen molar-refractivity contribution in [2.24, 2.45) is 0 Å². The minimum atomic E-state index is -4.59. The third-order valence-electron chi connectivity index (χ3n) is 4.75. The summed E-state index contributed by atoms with van der Waals surface area (Å²) in [5, 5.41) is 4.27. The van der Waals surface area contributed by atoms with Gasteiger partial charge in [-0.15, -0.1) is 11.3 Å². The summed E-state index contributed by atoms with van der Waals surface area (Å²) in [6, 6.07) is 10.3. The highest BCUT2D eigenvalue weighted by molar-refractivity contribution is 7.19. The highest BCUT2D eigenvalue weighted by Gasteiger charge is 2.34. The van der Waals surface area contributed by atoms with Crippen molar-refractivity contribution in [2.75, 3.05) is 0 Å². The molecule has 0 amide bonds. The van der Waals surface area contributed by atoms with E-state index in [2.05, 4.69) is 20.1 Å². The van der Waals surface area contributed by atoms with Gasteiger partial charge in [0, 0.05) is 16.6 Å². The number of benzene rings is 1. The molecule has 0 spiro atoms. The van der Waals surface area contributed by atoms with Crippen LogP contribution in [0.25, 0.3) is 38.4 Å². The first kappa shape index (κ1) is 18.5. The Morgan fingerprint density at radius 2 is 1.90 bits per heavy atom. The fraction of sp³-hybridized carbons (Fsp3) is 0.100. The Balaban J connectivity index is 1.74. The predicted molar refractivity (Wildman–Crippen MR) is 107 cm³/mol. The van der Waals surface area contributed by atoms with Gasteiger partial charge in [0.25, 0.3) is 5.56 Å². The van der Waals surface area contributed by atoms with Gasteiger partial charge in [-0.25, -0.2) is 14.5 Å². The second kappa shape index (κ2) is 6.49. The molecule has 0 fully saturated rings. The van der Waals surface area contributed by atoms with Crippen LogP contribution in [0.3, 0.4) is 0 Å². The van der Waals surface area contributed by atoms with Gasteiger partial charge in [0.05, 0.1) is 17.1 Å². The third kappa shape index (κ3) is 2.79. The molecule has 0 atom stereocenters. The molecule has 4 aromatic heterocycles. The summed E-state index contributed by atoms with van der Waals surface area (Å²) in [5.41, 5.74) is 0.545. The molecule has 5 aromatic rings.